The SMILES string of the molecule is CSc1ccc(C(C)NCCN)cc1. The van der Waals surface area contributed by atoms with Crippen molar-refractivity contribution in [2.24, 2.45) is 5.73 Å². The van der Waals surface area contributed by atoms with E-state index < -0.39 is 0 Å². The largest absolute Gasteiger partial charge is 0.329 e. The van der Waals surface area contributed by atoms with Gasteiger partial charge >= 0.3 is 0 Å². The number of thioether (sulfide) groups is 1. The molecule has 3 heteroatoms. The molecule has 0 saturated heterocycles. The molecule has 0 aromatic heterocycles. The van der Waals surface area contributed by atoms with E-state index in [2.05, 4.69) is 42.8 Å². The molecule has 1 unspecified atom stereocenters. The molecular weight excluding hydrogens is 192 g/mol. The Hall–Kier alpha value is -0.510. The summed E-state index contributed by atoms with van der Waals surface area (Å²) in [6.45, 7) is 3.71. The Morgan fingerprint density at radius 1 is 1.36 bits per heavy atom. The van der Waals surface area contributed by atoms with Gasteiger partial charge in [0.2, 0.25) is 0 Å². The normalized spacial score (nSPS) is 12.8. The van der Waals surface area contributed by atoms with Crippen molar-refractivity contribution in [2.45, 2.75) is 17.9 Å². The van der Waals surface area contributed by atoms with Gasteiger partial charge in [0.15, 0.2) is 0 Å². The summed E-state index contributed by atoms with van der Waals surface area (Å²) in [5, 5.41) is 3.35. The van der Waals surface area contributed by atoms with Crippen LogP contribution in [0.15, 0.2) is 29.2 Å². The summed E-state index contributed by atoms with van der Waals surface area (Å²) in [4.78, 5) is 1.31. The number of nitrogens with one attached hydrogen (secondary N) is 1. The third-order valence-corrected chi connectivity index (χ3v) is 2.95. The van der Waals surface area contributed by atoms with Crippen LogP contribution in [0.3, 0.4) is 0 Å². The van der Waals surface area contributed by atoms with Gasteiger partial charge in [-0.05, 0) is 30.9 Å². The zero-order chi connectivity index (χ0) is 10.4. The maximum atomic E-state index is 5.43. The fraction of sp³-hybridized carbons (Fsp3) is 0.455. The van der Waals surface area contributed by atoms with Crippen molar-refractivity contribution >= 4 is 11.8 Å². The van der Waals surface area contributed by atoms with Crippen molar-refractivity contribution in [3.05, 3.63) is 29.8 Å². The standard InChI is InChI=1S/C11H18N2S/c1-9(13-8-7-12)10-3-5-11(14-2)6-4-10/h3-6,9,13H,7-8,12H2,1-2H3. The van der Waals surface area contributed by atoms with Gasteiger partial charge < -0.3 is 11.1 Å². The van der Waals surface area contributed by atoms with Crippen molar-refractivity contribution < 1.29 is 0 Å². The highest BCUT2D eigenvalue weighted by Crippen LogP contribution is 2.18. The van der Waals surface area contributed by atoms with Crippen molar-refractivity contribution in [3.8, 4) is 0 Å². The van der Waals surface area contributed by atoms with E-state index in [-0.39, 0.29) is 0 Å². The van der Waals surface area contributed by atoms with Gasteiger partial charge in [0.05, 0.1) is 0 Å². The first-order valence-corrected chi connectivity index (χ1v) is 6.07. The van der Waals surface area contributed by atoms with Crippen molar-refractivity contribution in [3.63, 3.8) is 0 Å². The highest BCUT2D eigenvalue weighted by Gasteiger charge is 2.02. The molecular formula is C11H18N2S. The molecule has 0 bridgehead atoms. The topological polar surface area (TPSA) is 38.0 Å². The molecule has 0 radical (unpaired) electrons. The minimum absolute atomic E-state index is 0.384. The van der Waals surface area contributed by atoms with E-state index in [1.165, 1.54) is 10.5 Å². The Labute approximate surface area is 90.3 Å². The van der Waals surface area contributed by atoms with Crippen LogP contribution in [0.1, 0.15) is 18.5 Å². The lowest BCUT2D eigenvalue weighted by molar-refractivity contribution is 0.582. The summed E-state index contributed by atoms with van der Waals surface area (Å²) in [6.07, 6.45) is 2.09. The number of benzene rings is 1. The van der Waals surface area contributed by atoms with E-state index in [0.29, 0.717) is 12.6 Å². The molecule has 3 N–H and O–H groups in total. The molecule has 0 aliphatic rings. The molecule has 0 spiro atoms. The fourth-order valence-electron chi connectivity index (χ4n) is 1.31. The zero-order valence-corrected chi connectivity index (χ0v) is 9.60. The van der Waals surface area contributed by atoms with Crippen LogP contribution in [0.5, 0.6) is 0 Å². The van der Waals surface area contributed by atoms with E-state index in [0.717, 1.165) is 6.54 Å². The summed E-state index contributed by atoms with van der Waals surface area (Å²) in [6, 6.07) is 9.02. The number of rotatable bonds is 5. The van der Waals surface area contributed by atoms with Crippen LogP contribution in [0, 0.1) is 0 Å². The average molecular weight is 210 g/mol. The predicted octanol–water partition coefficient (Wildman–Crippen LogP) is 2.02. The highest BCUT2D eigenvalue weighted by atomic mass is 32.2. The molecule has 0 amide bonds. The summed E-state index contributed by atoms with van der Waals surface area (Å²) < 4.78 is 0. The summed E-state index contributed by atoms with van der Waals surface area (Å²) in [7, 11) is 0. The maximum Gasteiger partial charge on any atom is 0.0292 e. The highest BCUT2D eigenvalue weighted by molar-refractivity contribution is 7.98. The van der Waals surface area contributed by atoms with Crippen molar-refractivity contribution in [1.82, 2.24) is 5.32 Å². The number of hydrogen-bond donors (Lipinski definition) is 2. The second-order valence-corrected chi connectivity index (χ2v) is 4.12. The zero-order valence-electron chi connectivity index (χ0n) is 8.79. The Morgan fingerprint density at radius 2 is 2.00 bits per heavy atom. The summed E-state index contributed by atoms with van der Waals surface area (Å²) >= 11 is 1.77. The minimum Gasteiger partial charge on any atom is -0.329 e. The molecule has 1 rings (SSSR count). The molecule has 0 aliphatic heterocycles. The van der Waals surface area contributed by atoms with E-state index in [1.807, 2.05) is 0 Å². The molecule has 0 heterocycles. The second kappa shape index (κ2) is 6.06. The van der Waals surface area contributed by atoms with E-state index in [1.54, 1.807) is 11.8 Å². The van der Waals surface area contributed by atoms with Crippen LogP contribution < -0.4 is 11.1 Å². The first-order valence-electron chi connectivity index (χ1n) is 4.85. The number of hydrogen-bond acceptors (Lipinski definition) is 3. The molecule has 1 atom stereocenters. The third kappa shape index (κ3) is 3.33. The van der Waals surface area contributed by atoms with Crippen LogP contribution in [-0.4, -0.2) is 19.3 Å². The third-order valence-electron chi connectivity index (χ3n) is 2.21. The van der Waals surface area contributed by atoms with Gasteiger partial charge in [-0.1, -0.05) is 12.1 Å². The van der Waals surface area contributed by atoms with Gasteiger partial charge in [0, 0.05) is 24.0 Å². The minimum atomic E-state index is 0.384. The van der Waals surface area contributed by atoms with E-state index in [4.69, 9.17) is 5.73 Å². The van der Waals surface area contributed by atoms with Crippen LogP contribution in [0.2, 0.25) is 0 Å². The molecule has 1 aromatic rings. The lowest BCUT2D eigenvalue weighted by Crippen LogP contribution is -2.25. The van der Waals surface area contributed by atoms with Crippen molar-refractivity contribution in [2.75, 3.05) is 19.3 Å². The first kappa shape index (κ1) is 11.6. The smallest absolute Gasteiger partial charge is 0.0292 e. The van der Waals surface area contributed by atoms with Gasteiger partial charge in [0.1, 0.15) is 0 Å². The molecule has 2 nitrogen and oxygen atoms in total. The molecule has 78 valence electrons. The Balaban J connectivity index is 2.57. The Kier molecular flexibility index (Phi) is 5.01. The number of nitrogens with two attached hydrogens (primary N) is 1. The summed E-state index contributed by atoms with van der Waals surface area (Å²) in [5.74, 6) is 0. The van der Waals surface area contributed by atoms with Gasteiger partial charge in [-0.2, -0.15) is 0 Å². The van der Waals surface area contributed by atoms with Crippen LogP contribution in [-0.2, 0) is 0 Å². The maximum absolute atomic E-state index is 5.43. The van der Waals surface area contributed by atoms with Gasteiger partial charge in [-0.15, -0.1) is 11.8 Å². The lowest BCUT2D eigenvalue weighted by atomic mass is 10.1. The first-order chi connectivity index (χ1) is 6.77. The molecule has 0 aliphatic carbocycles. The quantitative estimate of drug-likeness (QED) is 0.730. The summed E-state index contributed by atoms with van der Waals surface area (Å²) in [5.41, 5.74) is 6.75. The van der Waals surface area contributed by atoms with E-state index >= 15 is 0 Å². The van der Waals surface area contributed by atoms with Crippen LogP contribution in [0.25, 0.3) is 0 Å². The van der Waals surface area contributed by atoms with Gasteiger partial charge in [0.25, 0.3) is 0 Å². The second-order valence-electron chi connectivity index (χ2n) is 3.24. The molecule has 1 aromatic carbocycles. The lowest BCUT2D eigenvalue weighted by Gasteiger charge is -2.13. The predicted molar refractivity (Wildman–Crippen MR) is 63.7 cm³/mol. The Morgan fingerprint density at radius 3 is 2.50 bits per heavy atom. The fourth-order valence-corrected chi connectivity index (χ4v) is 1.72. The van der Waals surface area contributed by atoms with Crippen molar-refractivity contribution in [1.29, 1.82) is 0 Å². The van der Waals surface area contributed by atoms with E-state index in [9.17, 15) is 0 Å². The average Bonchev–Trinajstić information content (AvgIpc) is 2.26. The molecule has 0 fully saturated rings. The molecule has 0 saturated carbocycles. The van der Waals surface area contributed by atoms with Gasteiger partial charge in [-0.3, -0.25) is 0 Å². The monoisotopic (exact) mass is 210 g/mol. The molecule has 14 heavy (non-hydrogen) atoms. The van der Waals surface area contributed by atoms with Crippen LogP contribution >= 0.6 is 11.8 Å². The Bertz CT molecular complexity index is 258. The van der Waals surface area contributed by atoms with Crippen LogP contribution in [0.4, 0.5) is 0 Å². The van der Waals surface area contributed by atoms with Gasteiger partial charge in [-0.25, -0.2) is 0 Å².